The lowest BCUT2D eigenvalue weighted by Gasteiger charge is -2.09. The summed E-state index contributed by atoms with van der Waals surface area (Å²) in [6.07, 6.45) is 1.02. The van der Waals surface area contributed by atoms with E-state index in [-0.39, 0.29) is 12.6 Å². The zero-order valence-electron chi connectivity index (χ0n) is 11.9. The summed E-state index contributed by atoms with van der Waals surface area (Å²) in [6, 6.07) is 5.21. The molecule has 0 aromatic heterocycles. The van der Waals surface area contributed by atoms with E-state index in [9.17, 15) is 4.79 Å². The highest BCUT2D eigenvalue weighted by atomic mass is 16.6. The molecule has 0 bridgehead atoms. The highest BCUT2D eigenvalue weighted by molar-refractivity contribution is 5.92. The molecule has 0 saturated carbocycles. The van der Waals surface area contributed by atoms with Gasteiger partial charge in [-0.2, -0.15) is 0 Å². The SMILES string of the molecule is Cc1ccc(N)cc1C(=O)OCCOCCC(C)C. The maximum absolute atomic E-state index is 11.8. The van der Waals surface area contributed by atoms with Gasteiger partial charge in [-0.15, -0.1) is 0 Å². The van der Waals surface area contributed by atoms with Crippen molar-refractivity contribution in [2.45, 2.75) is 27.2 Å². The minimum atomic E-state index is -0.350. The summed E-state index contributed by atoms with van der Waals surface area (Å²) < 4.78 is 10.5. The van der Waals surface area contributed by atoms with Crippen LogP contribution in [0.4, 0.5) is 5.69 Å². The Morgan fingerprint density at radius 2 is 2.00 bits per heavy atom. The lowest BCUT2D eigenvalue weighted by atomic mass is 10.1. The summed E-state index contributed by atoms with van der Waals surface area (Å²) in [7, 11) is 0. The minimum Gasteiger partial charge on any atom is -0.460 e. The molecule has 19 heavy (non-hydrogen) atoms. The number of anilines is 1. The van der Waals surface area contributed by atoms with Crippen LogP contribution in [0.25, 0.3) is 0 Å². The maximum Gasteiger partial charge on any atom is 0.338 e. The molecule has 1 rings (SSSR count). The van der Waals surface area contributed by atoms with Crippen LogP contribution in [0.2, 0.25) is 0 Å². The van der Waals surface area contributed by atoms with E-state index < -0.39 is 0 Å². The Hall–Kier alpha value is -1.55. The van der Waals surface area contributed by atoms with E-state index in [0.29, 0.717) is 30.4 Å². The number of carbonyl (C=O) groups excluding carboxylic acids is 1. The summed E-state index contributed by atoms with van der Waals surface area (Å²) >= 11 is 0. The molecule has 0 amide bonds. The highest BCUT2D eigenvalue weighted by Gasteiger charge is 2.10. The van der Waals surface area contributed by atoms with Crippen LogP contribution < -0.4 is 5.73 Å². The van der Waals surface area contributed by atoms with Gasteiger partial charge >= 0.3 is 5.97 Å². The standard InChI is InChI=1S/C15H23NO3/c1-11(2)6-7-18-8-9-19-15(17)14-10-13(16)5-4-12(14)3/h4-5,10-11H,6-9,16H2,1-3H3. The number of nitrogens with two attached hydrogens (primary N) is 1. The van der Waals surface area contributed by atoms with Crippen molar-refractivity contribution in [1.82, 2.24) is 0 Å². The Morgan fingerprint density at radius 1 is 1.26 bits per heavy atom. The van der Waals surface area contributed by atoms with Crippen molar-refractivity contribution in [3.8, 4) is 0 Å². The van der Waals surface area contributed by atoms with E-state index in [1.807, 2.05) is 13.0 Å². The molecule has 2 N–H and O–H groups in total. The van der Waals surface area contributed by atoms with Crippen molar-refractivity contribution in [3.63, 3.8) is 0 Å². The number of ether oxygens (including phenoxy) is 2. The van der Waals surface area contributed by atoms with Crippen molar-refractivity contribution in [1.29, 1.82) is 0 Å². The highest BCUT2D eigenvalue weighted by Crippen LogP contribution is 2.13. The van der Waals surface area contributed by atoms with Crippen molar-refractivity contribution in [2.24, 2.45) is 5.92 Å². The maximum atomic E-state index is 11.8. The number of esters is 1. The van der Waals surface area contributed by atoms with Crippen molar-refractivity contribution < 1.29 is 14.3 Å². The van der Waals surface area contributed by atoms with E-state index in [1.165, 1.54) is 0 Å². The first kappa shape index (κ1) is 15.5. The molecule has 0 unspecified atom stereocenters. The third-order valence-electron chi connectivity index (χ3n) is 2.78. The minimum absolute atomic E-state index is 0.269. The molecule has 0 atom stereocenters. The van der Waals surface area contributed by atoms with Gasteiger partial charge in [-0.25, -0.2) is 4.79 Å². The lowest BCUT2D eigenvalue weighted by Crippen LogP contribution is -2.13. The molecule has 0 saturated heterocycles. The number of hydrogen-bond acceptors (Lipinski definition) is 4. The molecule has 0 radical (unpaired) electrons. The van der Waals surface area contributed by atoms with Crippen molar-refractivity contribution >= 4 is 11.7 Å². The van der Waals surface area contributed by atoms with E-state index in [0.717, 1.165) is 12.0 Å². The van der Waals surface area contributed by atoms with Crippen LogP contribution in [0.15, 0.2) is 18.2 Å². The molecular weight excluding hydrogens is 242 g/mol. The fraction of sp³-hybridized carbons (Fsp3) is 0.533. The molecule has 0 aliphatic rings. The van der Waals surface area contributed by atoms with E-state index in [2.05, 4.69) is 13.8 Å². The van der Waals surface area contributed by atoms with Crippen LogP contribution in [0.3, 0.4) is 0 Å². The second-order valence-electron chi connectivity index (χ2n) is 5.01. The van der Waals surface area contributed by atoms with Crippen LogP contribution in [-0.2, 0) is 9.47 Å². The van der Waals surface area contributed by atoms with E-state index in [4.69, 9.17) is 15.2 Å². The Balaban J connectivity index is 2.29. The Morgan fingerprint density at radius 3 is 2.68 bits per heavy atom. The third-order valence-corrected chi connectivity index (χ3v) is 2.78. The largest absolute Gasteiger partial charge is 0.460 e. The summed E-state index contributed by atoms with van der Waals surface area (Å²) in [5.74, 6) is 0.273. The van der Waals surface area contributed by atoms with Gasteiger partial charge in [0.2, 0.25) is 0 Å². The number of aryl methyl sites for hydroxylation is 1. The fourth-order valence-corrected chi connectivity index (χ4v) is 1.55. The van der Waals surface area contributed by atoms with Gasteiger partial charge in [-0.3, -0.25) is 0 Å². The van der Waals surface area contributed by atoms with Crippen LogP contribution in [0.1, 0.15) is 36.2 Å². The monoisotopic (exact) mass is 265 g/mol. The first-order chi connectivity index (χ1) is 9.00. The van der Waals surface area contributed by atoms with Crippen molar-refractivity contribution in [3.05, 3.63) is 29.3 Å². The smallest absolute Gasteiger partial charge is 0.338 e. The van der Waals surface area contributed by atoms with Crippen LogP contribution in [-0.4, -0.2) is 25.8 Å². The first-order valence-corrected chi connectivity index (χ1v) is 6.61. The van der Waals surface area contributed by atoms with E-state index >= 15 is 0 Å². The summed E-state index contributed by atoms with van der Waals surface area (Å²) in [5.41, 5.74) is 7.59. The van der Waals surface area contributed by atoms with Gasteiger partial charge in [0.1, 0.15) is 6.61 Å². The zero-order chi connectivity index (χ0) is 14.3. The molecular formula is C15H23NO3. The fourth-order valence-electron chi connectivity index (χ4n) is 1.55. The number of hydrogen-bond donors (Lipinski definition) is 1. The molecule has 4 nitrogen and oxygen atoms in total. The topological polar surface area (TPSA) is 61.6 Å². The molecule has 0 aliphatic heterocycles. The predicted octanol–water partition coefficient (Wildman–Crippen LogP) is 2.80. The molecule has 0 heterocycles. The zero-order valence-corrected chi connectivity index (χ0v) is 11.9. The van der Waals surface area contributed by atoms with Gasteiger partial charge in [0, 0.05) is 12.3 Å². The second-order valence-corrected chi connectivity index (χ2v) is 5.01. The number of nitrogen functional groups attached to an aromatic ring is 1. The average molecular weight is 265 g/mol. The summed E-state index contributed by atoms with van der Waals surface area (Å²) in [4.78, 5) is 11.8. The Bertz CT molecular complexity index is 416. The third kappa shape index (κ3) is 5.75. The predicted molar refractivity (Wildman–Crippen MR) is 76.1 cm³/mol. The number of carbonyl (C=O) groups is 1. The Kier molecular flexibility index (Phi) is 6.36. The van der Waals surface area contributed by atoms with Crippen LogP contribution >= 0.6 is 0 Å². The normalized spacial score (nSPS) is 10.7. The van der Waals surface area contributed by atoms with Gasteiger partial charge in [-0.1, -0.05) is 19.9 Å². The van der Waals surface area contributed by atoms with Gasteiger partial charge in [0.05, 0.1) is 12.2 Å². The van der Waals surface area contributed by atoms with Crippen LogP contribution in [0, 0.1) is 12.8 Å². The van der Waals surface area contributed by atoms with Gasteiger partial charge < -0.3 is 15.2 Å². The quantitative estimate of drug-likeness (QED) is 0.468. The second kappa shape index (κ2) is 7.79. The first-order valence-electron chi connectivity index (χ1n) is 6.61. The summed E-state index contributed by atoms with van der Waals surface area (Å²) in [5, 5.41) is 0. The lowest BCUT2D eigenvalue weighted by molar-refractivity contribution is 0.0302. The van der Waals surface area contributed by atoms with E-state index in [1.54, 1.807) is 12.1 Å². The molecule has 4 heteroatoms. The summed E-state index contributed by atoms with van der Waals surface area (Å²) in [6.45, 7) is 7.55. The molecule has 106 valence electrons. The van der Waals surface area contributed by atoms with Gasteiger partial charge in [0.15, 0.2) is 0 Å². The molecule has 0 aliphatic carbocycles. The molecule has 1 aromatic carbocycles. The molecule has 0 fully saturated rings. The molecule has 1 aromatic rings. The molecule has 0 spiro atoms. The van der Waals surface area contributed by atoms with Crippen molar-refractivity contribution in [2.75, 3.05) is 25.6 Å². The Labute approximate surface area is 114 Å². The van der Waals surface area contributed by atoms with Gasteiger partial charge in [0.25, 0.3) is 0 Å². The number of benzene rings is 1. The number of rotatable bonds is 7. The average Bonchev–Trinajstić information content (AvgIpc) is 2.36. The van der Waals surface area contributed by atoms with Crippen LogP contribution in [0.5, 0.6) is 0 Å². The van der Waals surface area contributed by atoms with Gasteiger partial charge in [-0.05, 0) is 37.0 Å².